The molecule has 5 nitrogen and oxygen atoms in total. The van der Waals surface area contributed by atoms with Crippen LogP contribution in [0, 0.1) is 0 Å². The highest BCUT2D eigenvalue weighted by Crippen LogP contribution is 2.28. The van der Waals surface area contributed by atoms with E-state index in [1.807, 2.05) is 13.8 Å². The molecule has 31 heavy (non-hydrogen) atoms. The topological polar surface area (TPSA) is 66.5 Å². The molecule has 2 atom stereocenters. The van der Waals surface area contributed by atoms with Crippen LogP contribution in [-0.4, -0.2) is 26.6 Å². The minimum absolute atomic E-state index is 0.166. The first-order chi connectivity index (χ1) is 14.7. The molecule has 0 aromatic heterocycles. The van der Waals surface area contributed by atoms with Gasteiger partial charge < -0.3 is 5.32 Å². The number of fused-ring (bicyclic) bond motifs is 1. The van der Waals surface area contributed by atoms with Crippen molar-refractivity contribution in [1.29, 1.82) is 0 Å². The molecular weight excluding hydrogens is 432 g/mol. The van der Waals surface area contributed by atoms with E-state index in [1.165, 1.54) is 28.3 Å². The Labute approximate surface area is 190 Å². The Bertz CT molecular complexity index is 1020. The summed E-state index contributed by atoms with van der Waals surface area (Å²) in [5, 5.41) is 3.61. The first-order valence-corrected chi connectivity index (χ1v) is 13.1. The summed E-state index contributed by atoms with van der Waals surface area (Å²) in [6.45, 7) is 3.84. The van der Waals surface area contributed by atoms with Gasteiger partial charge in [-0.3, -0.25) is 9.10 Å². The van der Waals surface area contributed by atoms with E-state index in [9.17, 15) is 13.2 Å². The van der Waals surface area contributed by atoms with E-state index in [0.717, 1.165) is 31.1 Å². The number of aryl methyl sites for hydroxylation is 2. The first-order valence-electron chi connectivity index (χ1n) is 10.9. The third kappa shape index (κ3) is 5.60. The summed E-state index contributed by atoms with van der Waals surface area (Å²) in [6.07, 6.45) is 6.80. The minimum Gasteiger partial charge on any atom is -0.347 e. The van der Waals surface area contributed by atoms with Crippen LogP contribution in [0.1, 0.15) is 62.3 Å². The van der Waals surface area contributed by atoms with E-state index in [0.29, 0.717) is 17.1 Å². The van der Waals surface area contributed by atoms with Gasteiger partial charge in [0, 0.05) is 5.02 Å². The molecule has 168 valence electrons. The summed E-state index contributed by atoms with van der Waals surface area (Å²) < 4.78 is 26.4. The molecule has 1 amide bonds. The summed E-state index contributed by atoms with van der Waals surface area (Å²) >= 11 is 5.97. The lowest BCUT2D eigenvalue weighted by molar-refractivity contribution is -0.123. The predicted molar refractivity (Wildman–Crippen MR) is 127 cm³/mol. The van der Waals surface area contributed by atoms with Gasteiger partial charge in [-0.1, -0.05) is 43.6 Å². The number of nitrogens with zero attached hydrogens (tertiary/aromatic N) is 1. The van der Waals surface area contributed by atoms with Crippen LogP contribution in [0.3, 0.4) is 0 Å². The molecule has 1 aliphatic carbocycles. The molecule has 2 aromatic carbocycles. The molecule has 0 bridgehead atoms. The highest BCUT2D eigenvalue weighted by molar-refractivity contribution is 7.92. The van der Waals surface area contributed by atoms with E-state index in [1.54, 1.807) is 24.3 Å². The van der Waals surface area contributed by atoms with Gasteiger partial charge in [0.2, 0.25) is 15.9 Å². The molecular formula is C24H31ClN2O3S. The number of hydrogen-bond acceptors (Lipinski definition) is 3. The van der Waals surface area contributed by atoms with Crippen molar-refractivity contribution in [3.63, 3.8) is 0 Å². The van der Waals surface area contributed by atoms with Crippen molar-refractivity contribution < 1.29 is 13.2 Å². The lowest BCUT2D eigenvalue weighted by Gasteiger charge is -2.31. The molecule has 0 unspecified atom stereocenters. The molecule has 0 spiro atoms. The molecule has 0 radical (unpaired) electrons. The van der Waals surface area contributed by atoms with Gasteiger partial charge in [0.25, 0.3) is 0 Å². The monoisotopic (exact) mass is 462 g/mol. The number of carbonyl (C=O) groups is 1. The third-order valence-corrected chi connectivity index (χ3v) is 7.34. The fraction of sp³-hybridized carbons (Fsp3) is 0.458. The van der Waals surface area contributed by atoms with Gasteiger partial charge in [-0.05, 0) is 79.5 Å². The number of carbonyl (C=O) groups excluding carboxylic acids is 1. The maximum absolute atomic E-state index is 13.3. The predicted octanol–water partition coefficient (Wildman–Crippen LogP) is 5.03. The number of benzene rings is 2. The highest BCUT2D eigenvalue weighted by Gasteiger charge is 2.32. The molecule has 3 rings (SSSR count). The van der Waals surface area contributed by atoms with E-state index in [-0.39, 0.29) is 11.9 Å². The number of hydrogen-bond donors (Lipinski definition) is 1. The Morgan fingerprint density at radius 3 is 2.26 bits per heavy atom. The lowest BCUT2D eigenvalue weighted by atomic mass is 9.88. The lowest BCUT2D eigenvalue weighted by Crippen LogP contribution is -2.50. The van der Waals surface area contributed by atoms with Crippen LogP contribution in [0.15, 0.2) is 42.5 Å². The van der Waals surface area contributed by atoms with Crippen molar-refractivity contribution in [1.82, 2.24) is 5.32 Å². The zero-order valence-corrected chi connectivity index (χ0v) is 20.0. The Morgan fingerprint density at radius 2 is 1.68 bits per heavy atom. The van der Waals surface area contributed by atoms with Crippen molar-refractivity contribution in [2.24, 2.45) is 0 Å². The fourth-order valence-corrected chi connectivity index (χ4v) is 5.65. The number of halogens is 1. The number of anilines is 1. The fourth-order valence-electron chi connectivity index (χ4n) is 4.31. The van der Waals surface area contributed by atoms with Crippen molar-refractivity contribution in [2.45, 2.75) is 64.5 Å². The van der Waals surface area contributed by atoms with Crippen molar-refractivity contribution in [2.75, 3.05) is 10.6 Å². The SMILES string of the molecule is CC[C@H](NC(=O)[C@H](CC)N(c1ccc(Cl)cc1)S(C)(=O)=O)c1ccc2c(c1)CCCC2. The van der Waals surface area contributed by atoms with Gasteiger partial charge in [-0.2, -0.15) is 0 Å². The Hall–Kier alpha value is -2.05. The zero-order valence-electron chi connectivity index (χ0n) is 18.4. The molecule has 0 fully saturated rings. The van der Waals surface area contributed by atoms with Crippen LogP contribution in [0.5, 0.6) is 0 Å². The second kappa shape index (κ2) is 10.0. The van der Waals surface area contributed by atoms with Crippen LogP contribution in [0.25, 0.3) is 0 Å². The molecule has 0 heterocycles. The van der Waals surface area contributed by atoms with Crippen molar-refractivity contribution in [3.8, 4) is 0 Å². The minimum atomic E-state index is -3.68. The third-order valence-electron chi connectivity index (χ3n) is 5.91. The van der Waals surface area contributed by atoms with Crippen LogP contribution < -0.4 is 9.62 Å². The maximum atomic E-state index is 13.3. The Balaban J connectivity index is 1.86. The molecule has 0 aliphatic heterocycles. The standard InChI is InChI=1S/C24H31ClN2O3S/c1-4-22(19-11-10-17-8-6-7-9-18(17)16-19)26-24(28)23(5-2)27(31(3,29)30)21-14-12-20(25)13-15-21/h10-16,22-23H,4-9H2,1-3H3,(H,26,28)/t22-,23-/m0/s1. The van der Waals surface area contributed by atoms with Gasteiger partial charge in [0.05, 0.1) is 18.0 Å². The molecule has 1 aliphatic rings. The molecule has 0 saturated carbocycles. The second-order valence-corrected chi connectivity index (χ2v) is 10.5. The van der Waals surface area contributed by atoms with E-state index < -0.39 is 16.1 Å². The quantitative estimate of drug-likeness (QED) is 0.598. The number of amides is 1. The average Bonchev–Trinajstić information content (AvgIpc) is 2.75. The van der Waals surface area contributed by atoms with Gasteiger partial charge in [-0.25, -0.2) is 8.42 Å². The molecule has 7 heteroatoms. The normalized spacial score (nSPS) is 15.6. The summed E-state index contributed by atoms with van der Waals surface area (Å²) in [6, 6.07) is 12.0. The summed E-state index contributed by atoms with van der Waals surface area (Å²) in [7, 11) is -3.68. The number of nitrogens with one attached hydrogen (secondary N) is 1. The van der Waals surface area contributed by atoms with E-state index in [2.05, 4.69) is 23.5 Å². The van der Waals surface area contributed by atoms with E-state index in [4.69, 9.17) is 11.6 Å². The Kier molecular flexibility index (Phi) is 7.65. The van der Waals surface area contributed by atoms with Crippen LogP contribution in [0.2, 0.25) is 5.02 Å². The average molecular weight is 463 g/mol. The maximum Gasteiger partial charge on any atom is 0.244 e. The van der Waals surface area contributed by atoms with Gasteiger partial charge >= 0.3 is 0 Å². The Morgan fingerprint density at radius 1 is 1.03 bits per heavy atom. The summed E-state index contributed by atoms with van der Waals surface area (Å²) in [5.41, 5.74) is 4.26. The molecule has 2 aromatic rings. The second-order valence-electron chi connectivity index (χ2n) is 8.16. The zero-order chi connectivity index (χ0) is 22.6. The number of rotatable bonds is 8. The van der Waals surface area contributed by atoms with Crippen LogP contribution >= 0.6 is 11.6 Å². The van der Waals surface area contributed by atoms with Crippen molar-refractivity contribution >= 4 is 33.2 Å². The van der Waals surface area contributed by atoms with Gasteiger partial charge in [0.1, 0.15) is 6.04 Å². The highest BCUT2D eigenvalue weighted by atomic mass is 35.5. The van der Waals surface area contributed by atoms with Gasteiger partial charge in [-0.15, -0.1) is 0 Å². The van der Waals surface area contributed by atoms with Gasteiger partial charge in [0.15, 0.2) is 0 Å². The van der Waals surface area contributed by atoms with Crippen LogP contribution in [-0.2, 0) is 27.7 Å². The van der Waals surface area contributed by atoms with Crippen molar-refractivity contribution in [3.05, 3.63) is 64.2 Å². The molecule has 0 saturated heterocycles. The summed E-state index contributed by atoms with van der Waals surface area (Å²) in [4.78, 5) is 13.3. The largest absolute Gasteiger partial charge is 0.347 e. The smallest absolute Gasteiger partial charge is 0.244 e. The number of sulfonamides is 1. The summed E-state index contributed by atoms with van der Waals surface area (Å²) in [5.74, 6) is -0.299. The van der Waals surface area contributed by atoms with Crippen LogP contribution in [0.4, 0.5) is 5.69 Å². The molecule has 1 N–H and O–H groups in total. The van der Waals surface area contributed by atoms with E-state index >= 15 is 0 Å². The first kappa shape index (κ1) is 23.6.